The molecule has 1 aliphatic rings. The molecule has 4 aromatic rings. The summed E-state index contributed by atoms with van der Waals surface area (Å²) in [5.74, 6) is -1.29. The van der Waals surface area contributed by atoms with E-state index in [-0.39, 0.29) is 24.0 Å². The van der Waals surface area contributed by atoms with Crippen molar-refractivity contribution in [2.24, 2.45) is 0 Å². The van der Waals surface area contributed by atoms with Crippen molar-refractivity contribution >= 4 is 29.3 Å². The third kappa shape index (κ3) is 5.86. The number of rotatable bonds is 7. The first-order valence-electron chi connectivity index (χ1n) is 12.4. The summed E-state index contributed by atoms with van der Waals surface area (Å²) in [6.07, 6.45) is -2.96. The fourth-order valence-corrected chi connectivity index (χ4v) is 5.38. The van der Waals surface area contributed by atoms with Crippen LogP contribution in [0.2, 0.25) is 0 Å². The first-order valence-corrected chi connectivity index (χ1v) is 13.4. The maximum atomic E-state index is 13.6. The molecule has 2 amide bonds. The Morgan fingerprint density at radius 3 is 2.45 bits per heavy atom. The summed E-state index contributed by atoms with van der Waals surface area (Å²) in [6, 6.07) is 17.7. The van der Waals surface area contributed by atoms with Crippen LogP contribution in [0.3, 0.4) is 0 Å². The van der Waals surface area contributed by atoms with Crippen molar-refractivity contribution in [3.63, 3.8) is 0 Å². The van der Waals surface area contributed by atoms with Crippen molar-refractivity contribution in [2.75, 3.05) is 17.2 Å². The number of amides is 2. The summed E-state index contributed by atoms with van der Waals surface area (Å²) in [7, 11) is 0. The van der Waals surface area contributed by atoms with E-state index in [1.165, 1.54) is 41.0 Å². The third-order valence-electron chi connectivity index (χ3n) is 6.41. The van der Waals surface area contributed by atoms with Crippen LogP contribution in [0, 0.1) is 5.82 Å². The van der Waals surface area contributed by atoms with Gasteiger partial charge in [-0.3, -0.25) is 14.2 Å². The summed E-state index contributed by atoms with van der Waals surface area (Å²) >= 11 is 1.12. The summed E-state index contributed by atoms with van der Waals surface area (Å²) in [6.45, 7) is 0.334. The van der Waals surface area contributed by atoms with Crippen molar-refractivity contribution in [2.45, 2.75) is 30.7 Å². The van der Waals surface area contributed by atoms with Gasteiger partial charge in [-0.15, -0.1) is 10.2 Å². The molecule has 1 aromatic heterocycles. The van der Waals surface area contributed by atoms with Crippen molar-refractivity contribution < 1.29 is 27.2 Å². The van der Waals surface area contributed by atoms with E-state index < -0.39 is 29.0 Å². The van der Waals surface area contributed by atoms with E-state index in [1.54, 1.807) is 4.90 Å². The van der Waals surface area contributed by atoms with Gasteiger partial charge in [0.25, 0.3) is 5.91 Å². The van der Waals surface area contributed by atoms with Gasteiger partial charge in [0.15, 0.2) is 11.0 Å². The van der Waals surface area contributed by atoms with E-state index >= 15 is 0 Å². The van der Waals surface area contributed by atoms with Crippen molar-refractivity contribution in [1.82, 2.24) is 20.1 Å². The maximum absolute atomic E-state index is 13.6. The van der Waals surface area contributed by atoms with Crippen molar-refractivity contribution in [3.05, 3.63) is 101 Å². The van der Waals surface area contributed by atoms with Crippen LogP contribution in [0.5, 0.6) is 0 Å². The summed E-state index contributed by atoms with van der Waals surface area (Å²) in [4.78, 5) is 27.6. The normalized spacial score (nSPS) is 13.2. The smallest absolute Gasteiger partial charge is 0.345 e. The second kappa shape index (κ2) is 11.5. The number of para-hydroxylation sites is 1. The molecule has 7 nitrogen and oxygen atoms in total. The van der Waals surface area contributed by atoms with Crippen LogP contribution in [-0.4, -0.2) is 38.9 Å². The number of anilines is 1. The molecule has 3 aromatic carbocycles. The first-order chi connectivity index (χ1) is 19.2. The van der Waals surface area contributed by atoms with Gasteiger partial charge in [0, 0.05) is 17.9 Å². The number of aromatic nitrogens is 3. The largest absolute Gasteiger partial charge is 0.417 e. The zero-order valence-corrected chi connectivity index (χ0v) is 21.8. The van der Waals surface area contributed by atoms with Crippen LogP contribution >= 0.6 is 11.8 Å². The fraction of sp³-hybridized carbons (Fsp3) is 0.214. The minimum absolute atomic E-state index is 0.0407. The van der Waals surface area contributed by atoms with E-state index in [0.29, 0.717) is 17.4 Å². The Labute approximate surface area is 231 Å². The van der Waals surface area contributed by atoms with Gasteiger partial charge in [-0.2, -0.15) is 13.2 Å². The Balaban J connectivity index is 1.36. The van der Waals surface area contributed by atoms with Crippen molar-refractivity contribution in [1.29, 1.82) is 0 Å². The van der Waals surface area contributed by atoms with Crippen LogP contribution in [0.15, 0.2) is 78.0 Å². The lowest BCUT2D eigenvalue weighted by Crippen LogP contribution is -2.36. The van der Waals surface area contributed by atoms with Crippen molar-refractivity contribution in [3.8, 4) is 5.69 Å². The van der Waals surface area contributed by atoms with Crippen LogP contribution in [0.25, 0.3) is 5.69 Å². The standard InChI is InChI=1S/C28H23F4N5O2S/c29-19-11-13-20(14-12-19)37-24(16-33-26(39)21-8-2-3-9-22(21)28(30,31)32)34-35-27(37)40-17-25(38)36-15-5-7-18-6-1-4-10-23(18)36/h1-4,6,8-14H,5,7,15-17H2,(H,33,39). The summed E-state index contributed by atoms with van der Waals surface area (Å²) in [5, 5.41) is 11.1. The molecule has 0 saturated carbocycles. The first kappa shape index (κ1) is 27.4. The van der Waals surface area contributed by atoms with Crippen LogP contribution < -0.4 is 10.2 Å². The lowest BCUT2D eigenvalue weighted by molar-refractivity contribution is -0.138. The highest BCUT2D eigenvalue weighted by atomic mass is 32.2. The maximum Gasteiger partial charge on any atom is 0.417 e. The molecular weight excluding hydrogens is 546 g/mol. The van der Waals surface area contributed by atoms with Gasteiger partial charge in [-0.1, -0.05) is 42.1 Å². The molecule has 5 rings (SSSR count). The number of alkyl halides is 3. The molecule has 0 atom stereocenters. The van der Waals surface area contributed by atoms with E-state index in [0.717, 1.165) is 48.0 Å². The van der Waals surface area contributed by atoms with Gasteiger partial charge in [0.2, 0.25) is 5.91 Å². The molecule has 1 N–H and O–H groups in total. The Hall–Kier alpha value is -4.19. The highest BCUT2D eigenvalue weighted by Crippen LogP contribution is 2.32. The summed E-state index contributed by atoms with van der Waals surface area (Å²) < 4.78 is 55.3. The number of hydrogen-bond acceptors (Lipinski definition) is 5. The lowest BCUT2D eigenvalue weighted by atomic mass is 10.0. The van der Waals surface area contributed by atoms with E-state index in [1.807, 2.05) is 24.3 Å². The van der Waals surface area contributed by atoms with Gasteiger partial charge < -0.3 is 10.2 Å². The van der Waals surface area contributed by atoms with E-state index in [2.05, 4.69) is 15.5 Å². The zero-order chi connectivity index (χ0) is 28.3. The Kier molecular flexibility index (Phi) is 7.88. The molecule has 40 heavy (non-hydrogen) atoms. The van der Waals surface area contributed by atoms with E-state index in [4.69, 9.17) is 0 Å². The average molecular weight is 570 g/mol. The summed E-state index contributed by atoms with van der Waals surface area (Å²) in [5.41, 5.74) is 0.865. The number of nitrogens with zero attached hydrogens (tertiary/aromatic N) is 4. The predicted octanol–water partition coefficient (Wildman–Crippen LogP) is 5.43. The van der Waals surface area contributed by atoms with Gasteiger partial charge in [-0.25, -0.2) is 4.39 Å². The SMILES string of the molecule is O=C(NCc1nnc(SCC(=O)N2CCCc3ccccc32)n1-c1ccc(F)cc1)c1ccccc1C(F)(F)F. The number of carbonyl (C=O) groups is 2. The molecular formula is C28H23F4N5O2S. The zero-order valence-electron chi connectivity index (χ0n) is 21.0. The average Bonchev–Trinajstić information content (AvgIpc) is 3.37. The van der Waals surface area contributed by atoms with Gasteiger partial charge >= 0.3 is 6.18 Å². The molecule has 0 unspecified atom stereocenters. The van der Waals surface area contributed by atoms with Gasteiger partial charge in [0.1, 0.15) is 5.82 Å². The molecule has 0 fully saturated rings. The van der Waals surface area contributed by atoms with Crippen LogP contribution in [-0.2, 0) is 23.9 Å². The quantitative estimate of drug-likeness (QED) is 0.237. The molecule has 0 radical (unpaired) electrons. The number of thioether (sulfide) groups is 1. The minimum Gasteiger partial charge on any atom is -0.345 e. The number of halogens is 4. The number of fused-ring (bicyclic) bond motifs is 1. The molecule has 206 valence electrons. The number of hydrogen-bond donors (Lipinski definition) is 1. The predicted molar refractivity (Wildman–Crippen MR) is 142 cm³/mol. The Morgan fingerprint density at radius 2 is 1.68 bits per heavy atom. The van der Waals surface area contributed by atoms with E-state index in [9.17, 15) is 27.2 Å². The molecule has 0 bridgehead atoms. The molecule has 1 aliphatic heterocycles. The minimum atomic E-state index is -4.70. The lowest BCUT2D eigenvalue weighted by Gasteiger charge is -2.29. The van der Waals surface area contributed by atoms with Crippen LogP contribution in [0.4, 0.5) is 23.2 Å². The second-order valence-electron chi connectivity index (χ2n) is 9.00. The molecule has 2 heterocycles. The topological polar surface area (TPSA) is 80.1 Å². The Morgan fingerprint density at radius 1 is 0.950 bits per heavy atom. The van der Waals surface area contributed by atoms with Gasteiger partial charge in [0.05, 0.1) is 23.4 Å². The number of carbonyl (C=O) groups excluding carboxylic acids is 2. The molecule has 12 heteroatoms. The number of benzene rings is 3. The number of nitrogens with one attached hydrogen (secondary N) is 1. The Bertz CT molecular complexity index is 1540. The number of aryl methyl sites for hydroxylation is 1. The fourth-order valence-electron chi connectivity index (χ4n) is 4.54. The molecule has 0 saturated heterocycles. The molecule has 0 aliphatic carbocycles. The molecule has 0 spiro atoms. The monoisotopic (exact) mass is 569 g/mol. The van der Waals surface area contributed by atoms with Gasteiger partial charge in [-0.05, 0) is 60.9 Å². The third-order valence-corrected chi connectivity index (χ3v) is 7.32. The second-order valence-corrected chi connectivity index (χ2v) is 9.95. The highest BCUT2D eigenvalue weighted by molar-refractivity contribution is 7.99. The highest BCUT2D eigenvalue weighted by Gasteiger charge is 2.35. The van der Waals surface area contributed by atoms with Crippen LogP contribution in [0.1, 0.15) is 33.7 Å².